The molecule has 24 nitrogen and oxygen atoms in total. The number of nitrogens with one attached hydrogen (secondary N) is 1. The van der Waals surface area contributed by atoms with Gasteiger partial charge < -0.3 is 47.8 Å². The van der Waals surface area contributed by atoms with Crippen LogP contribution in [0, 0.1) is 31.0 Å². The van der Waals surface area contributed by atoms with Crippen LogP contribution in [0.3, 0.4) is 0 Å². The summed E-state index contributed by atoms with van der Waals surface area (Å²) < 4.78 is 25.1. The number of aryl methyl sites for hydroxylation is 2. The van der Waals surface area contributed by atoms with E-state index in [1.807, 2.05) is 139 Å². The molecule has 0 bridgehead atoms. The number of rotatable bonds is 9. The molecule has 27 heteroatoms. The highest BCUT2D eigenvalue weighted by molar-refractivity contribution is 6.31. The number of halogens is 3. The van der Waals surface area contributed by atoms with E-state index in [0.717, 1.165) is 209 Å². The van der Waals surface area contributed by atoms with Crippen molar-refractivity contribution in [2.45, 2.75) is 122 Å². The first-order valence-corrected chi connectivity index (χ1v) is 41.2. The summed E-state index contributed by atoms with van der Waals surface area (Å²) in [6.07, 6.45) is 22.7. The number of nitriles is 1. The van der Waals surface area contributed by atoms with Gasteiger partial charge in [-0.25, -0.2) is 19.3 Å². The second-order valence-corrected chi connectivity index (χ2v) is 32.3. The molecule has 0 atom stereocenters. The Morgan fingerprint density at radius 2 is 0.748 bits per heavy atom. The molecule has 4 saturated carbocycles. The summed E-state index contributed by atoms with van der Waals surface area (Å²) in [5.74, 6) is 0.458. The van der Waals surface area contributed by atoms with Crippen LogP contribution in [0.5, 0.6) is 0 Å². The minimum Gasteiger partial charge on any atom is -0.349 e. The summed E-state index contributed by atoms with van der Waals surface area (Å²) in [4.78, 5) is 109. The molecule has 119 heavy (non-hydrogen) atoms. The Kier molecular flexibility index (Phi) is 19.0. The Balaban J connectivity index is 0.0000000954. The number of amides is 5. The van der Waals surface area contributed by atoms with Gasteiger partial charge >= 0.3 is 0 Å². The van der Waals surface area contributed by atoms with Crippen LogP contribution in [0.1, 0.15) is 121 Å². The largest absolute Gasteiger partial charge is 0.349 e. The third kappa shape index (κ3) is 13.4. The molecule has 16 heterocycles. The fourth-order valence-corrected chi connectivity index (χ4v) is 18.0. The van der Waals surface area contributed by atoms with E-state index in [2.05, 4.69) is 96.5 Å². The van der Waals surface area contributed by atoms with Gasteiger partial charge in [0.25, 0.3) is 29.5 Å². The first-order valence-electron chi connectivity index (χ1n) is 40.5. The molecule has 4 aromatic carbocycles. The summed E-state index contributed by atoms with van der Waals surface area (Å²) in [5.41, 5.74) is 21.9. The second-order valence-electron chi connectivity index (χ2n) is 31.5. The van der Waals surface area contributed by atoms with E-state index < -0.39 is 5.82 Å². The standard InChI is InChI=1S/C20H15FN4O.C20H19N3O.C18H15ClN4O.C18H17N5O.C16H12ClN3O/c21-15-10-12(11-22)3-6-14(15)17-18-16(2-1-7-23-18)25-9-8-24(13-4-5-13)20(26)19(17)25;1-13-4-6-14(7-5-13)17-18-16(3-2-10-21-18)23-12-11-22(15-8-9-15)20(24)19(17)23;19-12-3-1-11(2-4-12)14-15-17(21-8-7-20-15)23-10-9-22(13-5-6-13)18(24)16(14)23;1-11-20-9-12(10-21-11)15-16-14(3-2-6-19-16)23-8-7-22(13-4-5-13)18(24)17(15)23;17-11-5-3-10(4-6-11)13-14-12(2-1-7-18-14)20-9-8-19-16(21)15(13)20/h1-3,6-7,10,13H,4-5,8-9H2;2-7,10,15H,8-9,11-12H2,1H3;1-4,7-8,13H,5-6,9-10H2;2-3,6,9-10,13H,4-5,7-8H2,1H3;1-7H,8-9H2,(H,19,21). The number of carbonyl (C=O) groups is 5. The smallest absolute Gasteiger partial charge is 0.271 e. The predicted molar refractivity (Wildman–Crippen MR) is 452 cm³/mol. The SMILES string of the molecule is Cc1ccc(-c2c3n(c4cccnc24)CCN(C2CC2)C3=O)cc1.Cc1ncc(-c2c3n(c4cccnc24)CCN(C2CC2)C3=O)cn1.N#Cc1ccc(-c2c3n(c4cccnc24)CCN(C2CC2)C3=O)c(F)c1.O=C1NCCn2c1c(-c1ccc(Cl)cc1)c1ncccc12.O=C1c2c(-c3ccc(Cl)cc3)c3nccnc3n2CCN1C1CC1. The summed E-state index contributed by atoms with van der Waals surface area (Å²) in [6.45, 7) is 11.4. The molecular weight excluding hydrogens is 1540 g/mol. The van der Waals surface area contributed by atoms with Crippen molar-refractivity contribution >= 4 is 108 Å². The van der Waals surface area contributed by atoms with Crippen LogP contribution >= 0.6 is 23.2 Å². The highest BCUT2D eigenvalue weighted by Gasteiger charge is 2.44. The van der Waals surface area contributed by atoms with Gasteiger partial charge in [-0.3, -0.25) is 48.9 Å². The summed E-state index contributed by atoms with van der Waals surface area (Å²) in [7, 11) is 0. The van der Waals surface area contributed by atoms with Crippen LogP contribution in [0.25, 0.3) is 111 Å². The molecule has 0 unspecified atom stereocenters. The van der Waals surface area contributed by atoms with Gasteiger partial charge in [-0.1, -0.05) is 77.3 Å². The Labute approximate surface area is 692 Å². The van der Waals surface area contributed by atoms with Crippen molar-refractivity contribution in [1.29, 1.82) is 5.26 Å². The Hall–Kier alpha value is -13.3. The van der Waals surface area contributed by atoms with Crippen LogP contribution in [0.15, 0.2) is 189 Å². The minimum absolute atomic E-state index is 0.0517. The average molecular weight is 1620 g/mol. The zero-order valence-corrected chi connectivity index (χ0v) is 66.7. The van der Waals surface area contributed by atoms with E-state index in [9.17, 15) is 28.4 Å². The Bertz CT molecular complexity index is 6310. The lowest BCUT2D eigenvalue weighted by atomic mass is 10.0. The maximum Gasteiger partial charge on any atom is 0.271 e. The van der Waals surface area contributed by atoms with Crippen LogP contribution in [-0.4, -0.2) is 169 Å². The van der Waals surface area contributed by atoms with Crippen LogP contribution in [-0.2, 0) is 32.7 Å². The molecule has 0 radical (unpaired) electrons. The van der Waals surface area contributed by atoms with Gasteiger partial charge in [0.1, 0.15) is 45.6 Å². The van der Waals surface area contributed by atoms with Gasteiger partial charge in [0.05, 0.1) is 55.8 Å². The highest BCUT2D eigenvalue weighted by Crippen LogP contribution is 2.45. The monoisotopic (exact) mass is 1620 g/mol. The average Bonchev–Trinajstić information content (AvgIpc) is 1.59. The van der Waals surface area contributed by atoms with Crippen LogP contribution in [0.2, 0.25) is 10.0 Å². The molecule has 4 fully saturated rings. The van der Waals surface area contributed by atoms with E-state index in [4.69, 9.17) is 28.5 Å². The third-order valence-corrected chi connectivity index (χ3v) is 24.4. The van der Waals surface area contributed by atoms with Crippen molar-refractivity contribution in [3.05, 3.63) is 250 Å². The number of fused-ring (bicyclic) bond motifs is 15. The second kappa shape index (κ2) is 30.3. The molecule has 9 aliphatic rings. The van der Waals surface area contributed by atoms with Gasteiger partial charge in [-0.15, -0.1) is 0 Å². The molecule has 1 N–H and O–H groups in total. The fourth-order valence-electron chi connectivity index (χ4n) is 17.7. The van der Waals surface area contributed by atoms with Crippen molar-refractivity contribution in [1.82, 2.24) is 87.6 Å². The number of pyridine rings is 4. The van der Waals surface area contributed by atoms with E-state index in [1.165, 1.54) is 11.6 Å². The molecule has 5 aliphatic heterocycles. The molecule has 0 spiro atoms. The van der Waals surface area contributed by atoms with Crippen molar-refractivity contribution in [3.63, 3.8) is 0 Å². The number of hydrogen-bond donors (Lipinski definition) is 1. The molecular formula is C92H78Cl2FN19O5. The highest BCUT2D eigenvalue weighted by atomic mass is 35.5. The fraction of sp³-hybridized carbons (Fsp3) is 0.261. The maximum atomic E-state index is 14.8. The number of benzene rings is 4. The lowest BCUT2D eigenvalue weighted by Crippen LogP contribution is -2.41. The Morgan fingerprint density at radius 1 is 0.387 bits per heavy atom. The topological polar surface area (TPSA) is 262 Å². The summed E-state index contributed by atoms with van der Waals surface area (Å²) >= 11 is 12.0. The van der Waals surface area contributed by atoms with Gasteiger partial charge in [0.15, 0.2) is 5.65 Å². The molecule has 11 aromatic heterocycles. The molecule has 4 aliphatic carbocycles. The van der Waals surface area contributed by atoms with E-state index in [1.54, 1.807) is 55.5 Å². The zero-order valence-electron chi connectivity index (χ0n) is 65.2. The number of aromatic nitrogens is 13. The zero-order chi connectivity index (χ0) is 81.0. The van der Waals surface area contributed by atoms with Gasteiger partial charge in [-0.05, 0) is 173 Å². The minimum atomic E-state index is -0.513. The maximum absolute atomic E-state index is 14.8. The number of carbonyl (C=O) groups excluding carboxylic acids is 5. The van der Waals surface area contributed by atoms with Crippen molar-refractivity contribution in [2.24, 2.45) is 0 Å². The van der Waals surface area contributed by atoms with E-state index in [-0.39, 0.29) is 35.1 Å². The quantitative estimate of drug-likeness (QED) is 0.141. The molecule has 592 valence electrons. The summed E-state index contributed by atoms with van der Waals surface area (Å²) in [6, 6.07) is 47.0. The number of nitrogens with zero attached hydrogens (tertiary/aromatic N) is 18. The van der Waals surface area contributed by atoms with Crippen molar-refractivity contribution in [2.75, 3.05) is 32.7 Å². The lowest BCUT2D eigenvalue weighted by Gasteiger charge is -2.29. The normalized spacial score (nSPS) is 16.6. The van der Waals surface area contributed by atoms with Gasteiger partial charge in [0.2, 0.25) is 0 Å². The third-order valence-electron chi connectivity index (χ3n) is 23.9. The molecule has 15 aromatic rings. The first kappa shape index (κ1) is 74.5. The van der Waals surface area contributed by atoms with Crippen LogP contribution < -0.4 is 5.32 Å². The van der Waals surface area contributed by atoms with Crippen LogP contribution in [0.4, 0.5) is 4.39 Å². The van der Waals surface area contributed by atoms with Gasteiger partial charge in [0, 0.05) is 188 Å². The first-order chi connectivity index (χ1) is 58.2. The molecule has 24 rings (SSSR count). The van der Waals surface area contributed by atoms with Crippen molar-refractivity contribution in [3.8, 4) is 61.7 Å². The molecule has 0 saturated heterocycles. The predicted octanol–water partition coefficient (Wildman–Crippen LogP) is 15.9. The molecule has 5 amide bonds. The van der Waals surface area contributed by atoms with E-state index in [0.29, 0.717) is 87.6 Å². The van der Waals surface area contributed by atoms with Gasteiger partial charge in [-0.2, -0.15) is 5.26 Å². The lowest BCUT2D eigenvalue weighted by molar-refractivity contribution is 0.0686. The van der Waals surface area contributed by atoms with E-state index >= 15 is 0 Å². The summed E-state index contributed by atoms with van der Waals surface area (Å²) in [5, 5.41) is 13.3. The van der Waals surface area contributed by atoms with Crippen molar-refractivity contribution < 1.29 is 28.4 Å². The number of hydrogen-bond acceptors (Lipinski definition) is 14. The Morgan fingerprint density at radius 3 is 1.18 bits per heavy atom.